The zero-order chi connectivity index (χ0) is 13.9. The Morgan fingerprint density at radius 2 is 2.05 bits per heavy atom. The minimum absolute atomic E-state index is 0.113. The fourth-order valence-electron chi connectivity index (χ4n) is 2.11. The lowest BCUT2D eigenvalue weighted by Gasteiger charge is -2.04. The van der Waals surface area contributed by atoms with Gasteiger partial charge in [-0.1, -0.05) is 0 Å². The third-order valence-corrected chi connectivity index (χ3v) is 3.15. The third-order valence-electron chi connectivity index (χ3n) is 3.15. The van der Waals surface area contributed by atoms with E-state index in [1.54, 1.807) is 24.7 Å². The highest BCUT2D eigenvalue weighted by Gasteiger charge is 2.11. The quantitative estimate of drug-likeness (QED) is 0.634. The van der Waals surface area contributed by atoms with E-state index in [9.17, 15) is 4.79 Å². The molecule has 1 amide bonds. The largest absolute Gasteiger partial charge is 0.399 e. The first-order valence-corrected chi connectivity index (χ1v) is 6.28. The van der Waals surface area contributed by atoms with Crippen molar-refractivity contribution in [3.63, 3.8) is 0 Å². The van der Waals surface area contributed by atoms with Crippen molar-refractivity contribution in [2.75, 3.05) is 5.73 Å². The summed E-state index contributed by atoms with van der Waals surface area (Å²) < 4.78 is 0. The zero-order valence-electron chi connectivity index (χ0n) is 10.8. The lowest BCUT2D eigenvalue weighted by atomic mass is 10.1. The van der Waals surface area contributed by atoms with Crippen LogP contribution in [0.4, 0.5) is 5.69 Å². The second-order valence-corrected chi connectivity index (χ2v) is 4.55. The van der Waals surface area contributed by atoms with Crippen LogP contribution in [0.3, 0.4) is 0 Å². The molecule has 5 nitrogen and oxygen atoms in total. The number of hydrogen-bond donors (Lipinski definition) is 3. The van der Waals surface area contributed by atoms with Crippen LogP contribution >= 0.6 is 0 Å². The van der Waals surface area contributed by atoms with Gasteiger partial charge in [-0.2, -0.15) is 0 Å². The number of aromatic amines is 1. The molecule has 5 heteroatoms. The number of anilines is 1. The fraction of sp³-hybridized carbons (Fsp3) is 0.0667. The molecule has 0 saturated heterocycles. The van der Waals surface area contributed by atoms with Gasteiger partial charge in [0.05, 0.1) is 5.56 Å². The van der Waals surface area contributed by atoms with Crippen molar-refractivity contribution in [1.82, 2.24) is 15.3 Å². The molecule has 0 fully saturated rings. The average Bonchev–Trinajstić information content (AvgIpc) is 2.89. The molecular formula is C15H14N4O. The van der Waals surface area contributed by atoms with E-state index in [2.05, 4.69) is 15.3 Å². The standard InChI is InChI=1S/C15H14N4O/c16-11-1-2-12-13(9-18-14(12)7-11)15(20)19-8-10-3-5-17-6-4-10/h1-7,9,18H,8,16H2,(H,19,20). The van der Waals surface area contributed by atoms with Crippen molar-refractivity contribution < 1.29 is 4.79 Å². The van der Waals surface area contributed by atoms with Gasteiger partial charge < -0.3 is 16.0 Å². The number of nitrogen functional groups attached to an aromatic ring is 1. The monoisotopic (exact) mass is 266 g/mol. The Morgan fingerprint density at radius 1 is 1.25 bits per heavy atom. The molecule has 1 aromatic carbocycles. The molecule has 0 bridgehead atoms. The third kappa shape index (κ3) is 2.33. The predicted molar refractivity (Wildman–Crippen MR) is 78.1 cm³/mol. The molecule has 0 atom stereocenters. The lowest BCUT2D eigenvalue weighted by Crippen LogP contribution is -2.22. The Morgan fingerprint density at radius 3 is 2.85 bits per heavy atom. The molecule has 0 radical (unpaired) electrons. The van der Waals surface area contributed by atoms with Gasteiger partial charge >= 0.3 is 0 Å². The molecule has 4 N–H and O–H groups in total. The van der Waals surface area contributed by atoms with Crippen molar-refractivity contribution in [2.24, 2.45) is 0 Å². The number of fused-ring (bicyclic) bond motifs is 1. The number of hydrogen-bond acceptors (Lipinski definition) is 3. The normalized spacial score (nSPS) is 10.6. The number of carbonyl (C=O) groups is 1. The van der Waals surface area contributed by atoms with Crippen molar-refractivity contribution in [3.8, 4) is 0 Å². The Bertz CT molecular complexity index is 749. The van der Waals surface area contributed by atoms with E-state index in [1.165, 1.54) is 0 Å². The number of nitrogens with two attached hydrogens (primary N) is 1. The number of nitrogens with zero attached hydrogens (tertiary/aromatic N) is 1. The van der Waals surface area contributed by atoms with Crippen LogP contribution in [0.2, 0.25) is 0 Å². The van der Waals surface area contributed by atoms with Gasteiger partial charge in [-0.3, -0.25) is 9.78 Å². The topological polar surface area (TPSA) is 83.8 Å². The molecule has 2 heterocycles. The summed E-state index contributed by atoms with van der Waals surface area (Å²) in [5, 5.41) is 3.76. The highest BCUT2D eigenvalue weighted by atomic mass is 16.1. The number of aromatic nitrogens is 2. The molecule has 0 unspecified atom stereocenters. The van der Waals surface area contributed by atoms with Gasteiger partial charge in [0.2, 0.25) is 0 Å². The van der Waals surface area contributed by atoms with Crippen LogP contribution in [0.15, 0.2) is 48.9 Å². The highest BCUT2D eigenvalue weighted by Crippen LogP contribution is 2.20. The van der Waals surface area contributed by atoms with Crippen LogP contribution in [0.25, 0.3) is 10.9 Å². The summed E-state index contributed by atoms with van der Waals surface area (Å²) in [5.74, 6) is -0.113. The molecule has 3 rings (SSSR count). The second-order valence-electron chi connectivity index (χ2n) is 4.55. The summed E-state index contributed by atoms with van der Waals surface area (Å²) in [4.78, 5) is 19.2. The minimum atomic E-state index is -0.113. The molecule has 0 saturated carbocycles. The molecule has 100 valence electrons. The Hall–Kier alpha value is -2.82. The summed E-state index contributed by atoms with van der Waals surface area (Å²) >= 11 is 0. The van der Waals surface area contributed by atoms with Gasteiger partial charge in [0, 0.05) is 41.7 Å². The molecule has 0 aliphatic carbocycles. The van der Waals surface area contributed by atoms with E-state index < -0.39 is 0 Å². The number of carbonyl (C=O) groups excluding carboxylic acids is 1. The maximum atomic E-state index is 12.2. The van der Waals surface area contributed by atoms with E-state index >= 15 is 0 Å². The van der Waals surface area contributed by atoms with Crippen molar-refractivity contribution in [3.05, 3.63) is 60.0 Å². The SMILES string of the molecule is Nc1ccc2c(C(=O)NCc3ccncc3)c[nH]c2c1. The van der Waals surface area contributed by atoms with Gasteiger partial charge in [-0.05, 0) is 35.9 Å². The summed E-state index contributed by atoms with van der Waals surface area (Å²) in [6.07, 6.45) is 5.11. The van der Waals surface area contributed by atoms with Gasteiger partial charge in [0.25, 0.3) is 5.91 Å². The Kier molecular flexibility index (Phi) is 3.09. The number of amides is 1. The molecule has 20 heavy (non-hydrogen) atoms. The van der Waals surface area contributed by atoms with Gasteiger partial charge in [-0.15, -0.1) is 0 Å². The Balaban J connectivity index is 1.79. The second kappa shape index (κ2) is 5.05. The van der Waals surface area contributed by atoms with Crippen molar-refractivity contribution >= 4 is 22.5 Å². The summed E-state index contributed by atoms with van der Waals surface area (Å²) in [6.45, 7) is 0.475. The highest BCUT2D eigenvalue weighted by molar-refractivity contribution is 6.07. The van der Waals surface area contributed by atoms with Crippen LogP contribution in [0.1, 0.15) is 15.9 Å². The molecule has 0 aliphatic heterocycles. The first-order valence-electron chi connectivity index (χ1n) is 6.28. The summed E-state index contributed by atoms with van der Waals surface area (Å²) in [7, 11) is 0. The van der Waals surface area contributed by atoms with Crippen LogP contribution < -0.4 is 11.1 Å². The zero-order valence-corrected chi connectivity index (χ0v) is 10.8. The van der Waals surface area contributed by atoms with E-state index in [0.29, 0.717) is 17.8 Å². The van der Waals surface area contributed by atoms with Gasteiger partial charge in [-0.25, -0.2) is 0 Å². The van der Waals surface area contributed by atoms with Gasteiger partial charge in [0.15, 0.2) is 0 Å². The first-order chi connectivity index (χ1) is 9.74. The number of benzene rings is 1. The lowest BCUT2D eigenvalue weighted by molar-refractivity contribution is 0.0952. The predicted octanol–water partition coefficient (Wildman–Crippen LogP) is 2.08. The molecule has 3 aromatic rings. The summed E-state index contributed by atoms with van der Waals surface area (Å²) in [6, 6.07) is 9.19. The Labute approximate surface area is 115 Å². The van der Waals surface area contributed by atoms with Crippen LogP contribution in [0.5, 0.6) is 0 Å². The van der Waals surface area contributed by atoms with Crippen LogP contribution in [0, 0.1) is 0 Å². The number of H-pyrrole nitrogens is 1. The molecular weight excluding hydrogens is 252 g/mol. The minimum Gasteiger partial charge on any atom is -0.399 e. The van der Waals surface area contributed by atoms with E-state index in [-0.39, 0.29) is 5.91 Å². The smallest absolute Gasteiger partial charge is 0.253 e. The number of rotatable bonds is 3. The summed E-state index contributed by atoms with van der Waals surface area (Å²) in [5.41, 5.74) is 8.88. The first kappa shape index (κ1) is 12.2. The number of pyridine rings is 1. The molecule has 0 aliphatic rings. The van der Waals surface area contributed by atoms with E-state index in [1.807, 2.05) is 24.3 Å². The van der Waals surface area contributed by atoms with Crippen molar-refractivity contribution in [2.45, 2.75) is 6.54 Å². The fourth-order valence-corrected chi connectivity index (χ4v) is 2.11. The maximum Gasteiger partial charge on any atom is 0.253 e. The van der Waals surface area contributed by atoms with E-state index in [0.717, 1.165) is 16.5 Å². The molecule has 2 aromatic heterocycles. The van der Waals surface area contributed by atoms with Crippen LogP contribution in [-0.4, -0.2) is 15.9 Å². The van der Waals surface area contributed by atoms with Crippen LogP contribution in [-0.2, 0) is 6.54 Å². The van der Waals surface area contributed by atoms with Crippen molar-refractivity contribution in [1.29, 1.82) is 0 Å². The maximum absolute atomic E-state index is 12.2. The number of nitrogens with one attached hydrogen (secondary N) is 2. The average molecular weight is 266 g/mol. The van der Waals surface area contributed by atoms with E-state index in [4.69, 9.17) is 5.73 Å². The molecule has 0 spiro atoms. The van der Waals surface area contributed by atoms with Gasteiger partial charge in [0.1, 0.15) is 0 Å².